The van der Waals surface area contributed by atoms with E-state index in [1.54, 1.807) is 9.80 Å². The van der Waals surface area contributed by atoms with Crippen LogP contribution in [0.5, 0.6) is 0 Å². The van der Waals surface area contributed by atoms with E-state index in [-0.39, 0.29) is 24.4 Å². The first kappa shape index (κ1) is 13.6. The summed E-state index contributed by atoms with van der Waals surface area (Å²) in [6.45, 7) is 1.47. The van der Waals surface area contributed by atoms with E-state index >= 15 is 0 Å². The van der Waals surface area contributed by atoms with Crippen molar-refractivity contribution in [2.24, 2.45) is 0 Å². The van der Waals surface area contributed by atoms with Crippen LogP contribution in [0, 0.1) is 0 Å². The Kier molecular flexibility index (Phi) is 3.78. The van der Waals surface area contributed by atoms with Gasteiger partial charge in [-0.2, -0.15) is 0 Å². The van der Waals surface area contributed by atoms with Gasteiger partial charge in [-0.3, -0.25) is 9.59 Å². The molecule has 0 bridgehead atoms. The summed E-state index contributed by atoms with van der Waals surface area (Å²) in [5.41, 5.74) is 1.05. The molecule has 1 aromatic carbocycles. The number of fused-ring (bicyclic) bond motifs is 1. The van der Waals surface area contributed by atoms with E-state index < -0.39 is 0 Å². The van der Waals surface area contributed by atoms with Gasteiger partial charge in [-0.25, -0.2) is 0 Å². The second-order valence-corrected chi connectivity index (χ2v) is 6.34. The van der Waals surface area contributed by atoms with Crippen LogP contribution >= 0.6 is 15.9 Å². The summed E-state index contributed by atoms with van der Waals surface area (Å²) in [5, 5.41) is 0. The van der Waals surface area contributed by atoms with Crippen LogP contribution in [0.3, 0.4) is 0 Å². The molecule has 2 fully saturated rings. The molecule has 0 aliphatic carbocycles. The van der Waals surface area contributed by atoms with E-state index in [4.69, 9.17) is 0 Å². The van der Waals surface area contributed by atoms with Crippen LogP contribution < -0.4 is 0 Å². The van der Waals surface area contributed by atoms with Crippen molar-refractivity contribution < 1.29 is 9.59 Å². The van der Waals surface area contributed by atoms with Gasteiger partial charge < -0.3 is 9.80 Å². The van der Waals surface area contributed by atoms with Gasteiger partial charge in [-0.15, -0.1) is 0 Å². The molecule has 2 heterocycles. The maximum absolute atomic E-state index is 12.5. The summed E-state index contributed by atoms with van der Waals surface area (Å²) >= 11 is 3.40. The molecule has 1 unspecified atom stereocenters. The summed E-state index contributed by atoms with van der Waals surface area (Å²) < 4.78 is 1.01. The second-order valence-electron chi connectivity index (χ2n) is 5.42. The highest BCUT2D eigenvalue weighted by atomic mass is 79.9. The second kappa shape index (κ2) is 5.56. The third-order valence-corrected chi connectivity index (χ3v) is 4.56. The van der Waals surface area contributed by atoms with Gasteiger partial charge in [0.1, 0.15) is 12.6 Å². The van der Waals surface area contributed by atoms with Gasteiger partial charge in [0.05, 0.1) is 0 Å². The van der Waals surface area contributed by atoms with Crippen molar-refractivity contribution >= 4 is 27.7 Å². The van der Waals surface area contributed by atoms with Gasteiger partial charge >= 0.3 is 0 Å². The van der Waals surface area contributed by atoms with E-state index in [1.807, 2.05) is 24.3 Å². The first-order valence-electron chi connectivity index (χ1n) is 6.98. The lowest BCUT2D eigenvalue weighted by Gasteiger charge is -2.42. The Labute approximate surface area is 126 Å². The SMILES string of the molecule is O=C1C2CCCCN2C(=O)CN1Cc1ccc(Br)cc1. The van der Waals surface area contributed by atoms with Crippen LogP contribution in [0.15, 0.2) is 28.7 Å². The highest BCUT2D eigenvalue weighted by molar-refractivity contribution is 9.10. The van der Waals surface area contributed by atoms with Gasteiger partial charge in [0.2, 0.25) is 11.8 Å². The molecule has 0 saturated carbocycles. The third kappa shape index (κ3) is 2.59. The lowest BCUT2D eigenvalue weighted by atomic mass is 9.98. The minimum atomic E-state index is -0.222. The fraction of sp³-hybridized carbons (Fsp3) is 0.467. The number of piperazine rings is 1. The van der Waals surface area contributed by atoms with Gasteiger partial charge in [0, 0.05) is 17.6 Å². The number of piperidine rings is 1. The molecule has 4 nitrogen and oxygen atoms in total. The monoisotopic (exact) mass is 336 g/mol. The molecule has 2 aliphatic heterocycles. The van der Waals surface area contributed by atoms with Crippen LogP contribution in [-0.4, -0.2) is 40.7 Å². The first-order valence-corrected chi connectivity index (χ1v) is 7.77. The zero-order valence-corrected chi connectivity index (χ0v) is 12.8. The van der Waals surface area contributed by atoms with Crippen LogP contribution in [0.25, 0.3) is 0 Å². The average Bonchev–Trinajstić information content (AvgIpc) is 2.47. The zero-order valence-electron chi connectivity index (χ0n) is 11.2. The molecular formula is C15H17BrN2O2. The molecule has 3 rings (SSSR count). The lowest BCUT2D eigenvalue weighted by molar-refractivity contribution is -0.158. The third-order valence-electron chi connectivity index (χ3n) is 4.03. The summed E-state index contributed by atoms with van der Waals surface area (Å²) in [6, 6.07) is 7.65. The largest absolute Gasteiger partial charge is 0.329 e. The number of carbonyl (C=O) groups excluding carboxylic acids is 2. The van der Waals surface area contributed by atoms with Crippen molar-refractivity contribution in [2.45, 2.75) is 31.8 Å². The molecule has 20 heavy (non-hydrogen) atoms. The minimum Gasteiger partial charge on any atom is -0.329 e. The average molecular weight is 337 g/mol. The van der Waals surface area contributed by atoms with Crippen LogP contribution in [0.1, 0.15) is 24.8 Å². The molecule has 0 N–H and O–H groups in total. The van der Waals surface area contributed by atoms with Crippen LogP contribution in [-0.2, 0) is 16.1 Å². The summed E-state index contributed by atoms with van der Waals surface area (Å²) in [5.74, 6) is 0.193. The summed E-state index contributed by atoms with van der Waals surface area (Å²) in [6.07, 6.45) is 2.86. The van der Waals surface area contributed by atoms with E-state index in [0.717, 1.165) is 35.8 Å². The predicted molar refractivity (Wildman–Crippen MR) is 78.9 cm³/mol. The Balaban J connectivity index is 1.75. The normalized spacial score (nSPS) is 22.9. The highest BCUT2D eigenvalue weighted by Crippen LogP contribution is 2.24. The number of hydrogen-bond donors (Lipinski definition) is 0. The fourth-order valence-electron chi connectivity index (χ4n) is 2.97. The Morgan fingerprint density at radius 2 is 1.90 bits per heavy atom. The Morgan fingerprint density at radius 1 is 1.15 bits per heavy atom. The Hall–Kier alpha value is -1.36. The van der Waals surface area contributed by atoms with Crippen molar-refractivity contribution in [3.05, 3.63) is 34.3 Å². The number of carbonyl (C=O) groups is 2. The van der Waals surface area contributed by atoms with Crippen LogP contribution in [0.2, 0.25) is 0 Å². The standard InChI is InChI=1S/C15H17BrN2O2/c16-12-6-4-11(5-7-12)9-17-10-14(19)18-8-2-1-3-13(18)15(17)20/h4-7,13H,1-3,8-10H2. The first-order chi connectivity index (χ1) is 9.65. The number of rotatable bonds is 2. The molecule has 1 aromatic rings. The molecule has 106 valence electrons. The molecule has 2 amide bonds. The molecule has 2 saturated heterocycles. The molecule has 0 aromatic heterocycles. The smallest absolute Gasteiger partial charge is 0.246 e. The number of benzene rings is 1. The van der Waals surface area contributed by atoms with Crippen molar-refractivity contribution in [3.8, 4) is 0 Å². The highest BCUT2D eigenvalue weighted by Gasteiger charge is 2.40. The van der Waals surface area contributed by atoms with E-state index in [2.05, 4.69) is 15.9 Å². The van der Waals surface area contributed by atoms with Crippen LogP contribution in [0.4, 0.5) is 0 Å². The fourth-order valence-corrected chi connectivity index (χ4v) is 3.24. The maximum atomic E-state index is 12.5. The molecule has 5 heteroatoms. The zero-order chi connectivity index (χ0) is 14.1. The van der Waals surface area contributed by atoms with Crippen molar-refractivity contribution in [1.29, 1.82) is 0 Å². The molecular weight excluding hydrogens is 320 g/mol. The molecule has 0 radical (unpaired) electrons. The molecule has 1 atom stereocenters. The predicted octanol–water partition coefficient (Wildman–Crippen LogP) is 2.17. The minimum absolute atomic E-state index is 0.0893. The van der Waals surface area contributed by atoms with Gasteiger partial charge in [-0.05, 0) is 37.0 Å². The topological polar surface area (TPSA) is 40.6 Å². The van der Waals surface area contributed by atoms with E-state index in [0.29, 0.717) is 6.54 Å². The number of halogens is 1. The Bertz CT molecular complexity index is 529. The van der Waals surface area contributed by atoms with Crippen molar-refractivity contribution in [2.75, 3.05) is 13.1 Å². The van der Waals surface area contributed by atoms with Gasteiger partial charge in [0.15, 0.2) is 0 Å². The number of amides is 2. The van der Waals surface area contributed by atoms with Gasteiger partial charge in [-0.1, -0.05) is 28.1 Å². The Morgan fingerprint density at radius 3 is 2.65 bits per heavy atom. The quantitative estimate of drug-likeness (QED) is 0.830. The number of nitrogens with zero attached hydrogens (tertiary/aromatic N) is 2. The lowest BCUT2D eigenvalue weighted by Crippen LogP contribution is -2.60. The summed E-state index contributed by atoms with van der Waals surface area (Å²) in [7, 11) is 0. The summed E-state index contributed by atoms with van der Waals surface area (Å²) in [4.78, 5) is 28.1. The van der Waals surface area contributed by atoms with E-state index in [9.17, 15) is 9.59 Å². The molecule has 2 aliphatic rings. The number of hydrogen-bond acceptors (Lipinski definition) is 2. The van der Waals surface area contributed by atoms with Gasteiger partial charge in [0.25, 0.3) is 0 Å². The maximum Gasteiger partial charge on any atom is 0.246 e. The van der Waals surface area contributed by atoms with Crippen molar-refractivity contribution in [1.82, 2.24) is 9.80 Å². The van der Waals surface area contributed by atoms with E-state index in [1.165, 1.54) is 0 Å². The van der Waals surface area contributed by atoms with Crippen molar-refractivity contribution in [3.63, 3.8) is 0 Å². The molecule has 0 spiro atoms.